The highest BCUT2D eigenvalue weighted by Crippen LogP contribution is 2.34. The summed E-state index contributed by atoms with van der Waals surface area (Å²) < 4.78 is 5.37. The Morgan fingerprint density at radius 1 is 1.35 bits per heavy atom. The van der Waals surface area contributed by atoms with Gasteiger partial charge in [0.1, 0.15) is 17.6 Å². The Labute approximate surface area is 134 Å². The Kier molecular flexibility index (Phi) is 4.11. The number of anilines is 3. The van der Waals surface area contributed by atoms with Crippen LogP contribution in [0.5, 0.6) is 5.75 Å². The van der Waals surface area contributed by atoms with Crippen LogP contribution in [0.15, 0.2) is 36.5 Å². The van der Waals surface area contributed by atoms with Crippen LogP contribution in [0.2, 0.25) is 0 Å². The summed E-state index contributed by atoms with van der Waals surface area (Å²) in [6.07, 6.45) is 2.94. The van der Waals surface area contributed by atoms with Crippen molar-refractivity contribution < 1.29 is 9.53 Å². The van der Waals surface area contributed by atoms with Crippen LogP contribution in [-0.2, 0) is 4.79 Å². The number of carbonyl (C=O) groups excluding carboxylic acids is 1. The zero-order valence-electron chi connectivity index (χ0n) is 12.7. The molecule has 2 heterocycles. The third-order valence-corrected chi connectivity index (χ3v) is 3.71. The van der Waals surface area contributed by atoms with Gasteiger partial charge in [-0.25, -0.2) is 4.98 Å². The van der Waals surface area contributed by atoms with Crippen LogP contribution in [0.25, 0.3) is 0 Å². The SMILES string of the molecule is COc1ccc(Nc2ccc(C#N)cn2)cc1N1CCCC1=O. The van der Waals surface area contributed by atoms with Gasteiger partial charge in [-0.05, 0) is 36.8 Å². The first kappa shape index (κ1) is 14.9. The van der Waals surface area contributed by atoms with Crippen molar-refractivity contribution in [1.29, 1.82) is 5.26 Å². The summed E-state index contributed by atoms with van der Waals surface area (Å²) in [5, 5.41) is 12.0. The van der Waals surface area contributed by atoms with Gasteiger partial charge in [-0.3, -0.25) is 4.79 Å². The van der Waals surface area contributed by atoms with E-state index in [1.54, 1.807) is 24.1 Å². The molecule has 0 spiro atoms. The molecule has 0 unspecified atom stereocenters. The summed E-state index contributed by atoms with van der Waals surface area (Å²) in [5.74, 6) is 1.41. The van der Waals surface area contributed by atoms with Crippen molar-refractivity contribution in [3.05, 3.63) is 42.1 Å². The molecule has 1 saturated heterocycles. The maximum absolute atomic E-state index is 12.0. The molecule has 1 amide bonds. The van der Waals surface area contributed by atoms with Crippen LogP contribution in [0.3, 0.4) is 0 Å². The van der Waals surface area contributed by atoms with Crippen molar-refractivity contribution in [2.75, 3.05) is 23.9 Å². The van der Waals surface area contributed by atoms with Gasteiger partial charge in [0.25, 0.3) is 0 Å². The number of nitrogens with zero attached hydrogens (tertiary/aromatic N) is 3. The second kappa shape index (κ2) is 6.36. The van der Waals surface area contributed by atoms with Gasteiger partial charge in [0, 0.05) is 24.8 Å². The van der Waals surface area contributed by atoms with Gasteiger partial charge < -0.3 is 15.0 Å². The number of pyridine rings is 1. The largest absolute Gasteiger partial charge is 0.495 e. The van der Waals surface area contributed by atoms with E-state index in [4.69, 9.17) is 10.00 Å². The fourth-order valence-corrected chi connectivity index (χ4v) is 2.56. The van der Waals surface area contributed by atoms with E-state index in [0.717, 1.165) is 17.8 Å². The molecule has 0 bridgehead atoms. The minimum Gasteiger partial charge on any atom is -0.495 e. The maximum Gasteiger partial charge on any atom is 0.227 e. The number of benzene rings is 1. The quantitative estimate of drug-likeness (QED) is 0.939. The lowest BCUT2D eigenvalue weighted by Crippen LogP contribution is -2.24. The zero-order valence-corrected chi connectivity index (χ0v) is 12.7. The molecule has 3 rings (SSSR count). The van der Waals surface area contributed by atoms with Gasteiger partial charge in [-0.15, -0.1) is 0 Å². The molecule has 23 heavy (non-hydrogen) atoms. The molecule has 1 aromatic heterocycles. The lowest BCUT2D eigenvalue weighted by atomic mass is 10.2. The van der Waals surface area contributed by atoms with Gasteiger partial charge in [0.15, 0.2) is 0 Å². The fourth-order valence-electron chi connectivity index (χ4n) is 2.56. The highest BCUT2D eigenvalue weighted by atomic mass is 16.5. The smallest absolute Gasteiger partial charge is 0.227 e. The first-order chi connectivity index (χ1) is 11.2. The Morgan fingerprint density at radius 3 is 2.83 bits per heavy atom. The molecule has 1 N–H and O–H groups in total. The number of amides is 1. The molecule has 6 heteroatoms. The topological polar surface area (TPSA) is 78.2 Å². The van der Waals surface area contributed by atoms with Crippen molar-refractivity contribution in [3.63, 3.8) is 0 Å². The number of hydrogen-bond acceptors (Lipinski definition) is 5. The van der Waals surface area contributed by atoms with E-state index in [1.165, 1.54) is 6.20 Å². The van der Waals surface area contributed by atoms with Crippen LogP contribution < -0.4 is 15.0 Å². The lowest BCUT2D eigenvalue weighted by molar-refractivity contribution is -0.117. The fraction of sp³-hybridized carbons (Fsp3) is 0.235. The van der Waals surface area contributed by atoms with Crippen LogP contribution >= 0.6 is 0 Å². The molecular weight excluding hydrogens is 292 g/mol. The Bertz CT molecular complexity index is 765. The summed E-state index contributed by atoms with van der Waals surface area (Å²) in [7, 11) is 1.59. The summed E-state index contributed by atoms with van der Waals surface area (Å²) in [5.41, 5.74) is 2.07. The zero-order chi connectivity index (χ0) is 16.2. The molecule has 2 aromatic rings. The Balaban J connectivity index is 1.88. The molecule has 116 valence electrons. The average molecular weight is 308 g/mol. The number of methoxy groups -OCH3 is 1. The standard InChI is InChI=1S/C17H16N4O2/c1-23-15-6-5-13(9-14(15)21-8-2-3-17(21)22)20-16-7-4-12(10-18)11-19-16/h4-7,9,11H,2-3,8H2,1H3,(H,19,20). The summed E-state index contributed by atoms with van der Waals surface area (Å²) in [4.78, 5) is 17.9. The van der Waals surface area contributed by atoms with Gasteiger partial charge in [-0.1, -0.05) is 0 Å². The average Bonchev–Trinajstić information content (AvgIpc) is 3.01. The predicted molar refractivity (Wildman–Crippen MR) is 86.8 cm³/mol. The number of nitriles is 1. The van der Waals surface area contributed by atoms with E-state index in [2.05, 4.69) is 10.3 Å². The molecule has 0 saturated carbocycles. The molecule has 1 fully saturated rings. The number of hydrogen-bond donors (Lipinski definition) is 1. The predicted octanol–water partition coefficient (Wildman–Crippen LogP) is 2.83. The summed E-state index contributed by atoms with van der Waals surface area (Å²) in [6, 6.07) is 11.0. The molecule has 1 aromatic carbocycles. The van der Waals surface area contributed by atoms with Crippen molar-refractivity contribution in [1.82, 2.24) is 4.98 Å². The minimum atomic E-state index is 0.108. The lowest BCUT2D eigenvalue weighted by Gasteiger charge is -2.20. The van der Waals surface area contributed by atoms with E-state index >= 15 is 0 Å². The van der Waals surface area contributed by atoms with Gasteiger partial charge in [0.2, 0.25) is 5.91 Å². The molecular formula is C17H16N4O2. The van der Waals surface area contributed by atoms with Gasteiger partial charge in [0.05, 0.1) is 18.4 Å². The molecule has 6 nitrogen and oxygen atoms in total. The Morgan fingerprint density at radius 2 is 2.22 bits per heavy atom. The summed E-state index contributed by atoms with van der Waals surface area (Å²) >= 11 is 0. The van der Waals surface area contributed by atoms with Crippen molar-refractivity contribution in [3.8, 4) is 11.8 Å². The number of aromatic nitrogens is 1. The second-order valence-electron chi connectivity index (χ2n) is 5.20. The van der Waals surface area contributed by atoms with Gasteiger partial charge >= 0.3 is 0 Å². The number of rotatable bonds is 4. The van der Waals surface area contributed by atoms with Gasteiger partial charge in [-0.2, -0.15) is 5.26 Å². The van der Waals surface area contributed by atoms with Crippen LogP contribution in [-0.4, -0.2) is 24.5 Å². The van der Waals surface area contributed by atoms with E-state index in [0.29, 0.717) is 30.1 Å². The van der Waals surface area contributed by atoms with Crippen LogP contribution in [0.4, 0.5) is 17.2 Å². The van der Waals surface area contributed by atoms with E-state index in [-0.39, 0.29) is 5.91 Å². The summed E-state index contributed by atoms with van der Waals surface area (Å²) in [6.45, 7) is 0.702. The van der Waals surface area contributed by atoms with E-state index in [1.807, 2.05) is 24.3 Å². The maximum atomic E-state index is 12.0. The van der Waals surface area contributed by atoms with Crippen molar-refractivity contribution in [2.24, 2.45) is 0 Å². The molecule has 1 aliphatic rings. The number of ether oxygens (including phenoxy) is 1. The third kappa shape index (κ3) is 3.09. The monoisotopic (exact) mass is 308 g/mol. The number of nitrogens with one attached hydrogen (secondary N) is 1. The molecule has 1 aliphatic heterocycles. The highest BCUT2D eigenvalue weighted by molar-refractivity contribution is 5.97. The van der Waals surface area contributed by atoms with Crippen LogP contribution in [0, 0.1) is 11.3 Å². The Hall–Kier alpha value is -3.07. The second-order valence-corrected chi connectivity index (χ2v) is 5.20. The highest BCUT2D eigenvalue weighted by Gasteiger charge is 2.24. The third-order valence-electron chi connectivity index (χ3n) is 3.71. The normalized spacial score (nSPS) is 13.7. The van der Waals surface area contributed by atoms with E-state index in [9.17, 15) is 4.79 Å². The van der Waals surface area contributed by atoms with Crippen molar-refractivity contribution in [2.45, 2.75) is 12.8 Å². The van der Waals surface area contributed by atoms with E-state index < -0.39 is 0 Å². The van der Waals surface area contributed by atoms with Crippen molar-refractivity contribution >= 4 is 23.1 Å². The first-order valence-electron chi connectivity index (χ1n) is 7.33. The minimum absolute atomic E-state index is 0.108. The first-order valence-corrected chi connectivity index (χ1v) is 7.33. The van der Waals surface area contributed by atoms with Crippen LogP contribution in [0.1, 0.15) is 18.4 Å². The molecule has 0 atom stereocenters. The number of carbonyl (C=O) groups is 1. The molecule has 0 radical (unpaired) electrons. The molecule has 0 aliphatic carbocycles.